The highest BCUT2D eigenvalue weighted by Crippen LogP contribution is 2.41. The second-order valence-corrected chi connectivity index (χ2v) is 9.78. The summed E-state index contributed by atoms with van der Waals surface area (Å²) in [6, 6.07) is 17.5. The van der Waals surface area contributed by atoms with Crippen LogP contribution in [0.2, 0.25) is 0 Å². The summed E-state index contributed by atoms with van der Waals surface area (Å²) in [6.07, 6.45) is 5.61. The molecule has 1 amide bonds. The van der Waals surface area contributed by atoms with Crippen LogP contribution in [0.25, 0.3) is 0 Å². The van der Waals surface area contributed by atoms with E-state index in [0.29, 0.717) is 17.3 Å². The molecule has 1 saturated heterocycles. The van der Waals surface area contributed by atoms with Crippen LogP contribution in [0.15, 0.2) is 79.3 Å². The molecule has 0 bridgehead atoms. The number of anilines is 1. The average molecular weight is 529 g/mol. The van der Waals surface area contributed by atoms with Crippen molar-refractivity contribution in [3.63, 3.8) is 0 Å². The molecule has 0 radical (unpaired) electrons. The van der Waals surface area contributed by atoms with Crippen LogP contribution in [-0.2, 0) is 11.3 Å². The topological polar surface area (TPSA) is 75.1 Å². The second-order valence-electron chi connectivity index (χ2n) is 9.39. The molecule has 4 heterocycles. The first-order chi connectivity index (χ1) is 18.4. The maximum Gasteiger partial charge on any atom is 0.226 e. The molecule has 0 spiro atoms. The van der Waals surface area contributed by atoms with Gasteiger partial charge in [-0.25, -0.2) is 4.39 Å². The molecular formula is C29H29FN6OS. The third-order valence-corrected chi connectivity index (χ3v) is 7.28. The smallest absolute Gasteiger partial charge is 0.226 e. The number of pyridine rings is 2. The van der Waals surface area contributed by atoms with Gasteiger partial charge in [0, 0.05) is 55.2 Å². The van der Waals surface area contributed by atoms with E-state index in [0.717, 1.165) is 29.2 Å². The number of halogens is 1. The average Bonchev–Trinajstić information content (AvgIpc) is 3.40. The molecular weight excluding hydrogens is 499 g/mol. The summed E-state index contributed by atoms with van der Waals surface area (Å²) in [6.45, 7) is 5.38. The molecule has 38 heavy (non-hydrogen) atoms. The lowest BCUT2D eigenvalue weighted by Gasteiger charge is -2.28. The highest BCUT2D eigenvalue weighted by molar-refractivity contribution is 7.80. The molecule has 1 fully saturated rings. The van der Waals surface area contributed by atoms with Crippen molar-refractivity contribution in [2.24, 2.45) is 0 Å². The summed E-state index contributed by atoms with van der Waals surface area (Å²) >= 11 is 5.78. The van der Waals surface area contributed by atoms with Gasteiger partial charge in [0.15, 0.2) is 5.11 Å². The van der Waals surface area contributed by atoms with Crippen molar-refractivity contribution in [2.75, 3.05) is 11.9 Å². The summed E-state index contributed by atoms with van der Waals surface area (Å²) in [4.78, 5) is 23.6. The summed E-state index contributed by atoms with van der Waals surface area (Å²) in [5, 5.41) is 6.88. The van der Waals surface area contributed by atoms with E-state index >= 15 is 0 Å². The Morgan fingerprint density at radius 2 is 1.84 bits per heavy atom. The minimum Gasteiger partial charge on any atom is -0.352 e. The zero-order chi connectivity index (χ0) is 26.6. The highest BCUT2D eigenvalue weighted by atomic mass is 32.1. The maximum absolute atomic E-state index is 13.2. The van der Waals surface area contributed by atoms with E-state index in [9.17, 15) is 9.18 Å². The Balaban J connectivity index is 1.42. The zero-order valence-electron chi connectivity index (χ0n) is 21.3. The first-order valence-corrected chi connectivity index (χ1v) is 12.9. The third-order valence-electron chi connectivity index (χ3n) is 6.93. The zero-order valence-corrected chi connectivity index (χ0v) is 22.1. The largest absolute Gasteiger partial charge is 0.352 e. The van der Waals surface area contributed by atoms with E-state index in [1.165, 1.54) is 17.7 Å². The summed E-state index contributed by atoms with van der Waals surface area (Å²) in [5.74, 6) is -0.510. The van der Waals surface area contributed by atoms with E-state index in [2.05, 4.69) is 50.0 Å². The molecule has 1 aliphatic rings. The first kappa shape index (κ1) is 25.5. The van der Waals surface area contributed by atoms with Crippen LogP contribution in [0.3, 0.4) is 0 Å². The number of nitrogens with zero attached hydrogens (tertiary/aromatic N) is 4. The van der Waals surface area contributed by atoms with Gasteiger partial charge in [-0.05, 0) is 91.8 Å². The Labute approximate surface area is 226 Å². The van der Waals surface area contributed by atoms with Gasteiger partial charge in [-0.2, -0.15) is 0 Å². The van der Waals surface area contributed by atoms with Gasteiger partial charge in [0.2, 0.25) is 5.91 Å². The van der Waals surface area contributed by atoms with Crippen molar-refractivity contribution in [1.82, 2.24) is 24.8 Å². The minimum absolute atomic E-state index is 0.145. The summed E-state index contributed by atoms with van der Waals surface area (Å²) < 4.78 is 15.5. The second kappa shape index (κ2) is 11.1. The van der Waals surface area contributed by atoms with E-state index in [1.54, 1.807) is 30.7 Å². The standard InChI is InChI=1S/C29H29FN6OS/c1-19-17-24(20(2)36(19)18-21-10-14-31-15-11-21)28-27(25-5-3-4-13-32-25)34-29(38)35(28)16-12-26(37)33-23-8-6-22(30)7-9-23/h3-11,13-15,17,27-28H,12,16,18H2,1-2H3,(H,33,37)(H,34,38)/t27-,28+/m0/s1. The molecule has 4 aromatic rings. The van der Waals surface area contributed by atoms with Crippen LogP contribution < -0.4 is 10.6 Å². The van der Waals surface area contributed by atoms with E-state index in [4.69, 9.17) is 12.2 Å². The first-order valence-electron chi connectivity index (χ1n) is 12.5. The van der Waals surface area contributed by atoms with Crippen LogP contribution in [0, 0.1) is 19.7 Å². The molecule has 7 nitrogen and oxygen atoms in total. The molecule has 2 N–H and O–H groups in total. The lowest BCUT2D eigenvalue weighted by atomic mass is 9.96. The van der Waals surface area contributed by atoms with E-state index in [1.807, 2.05) is 30.3 Å². The molecule has 0 aliphatic carbocycles. The van der Waals surface area contributed by atoms with Crippen LogP contribution in [0.5, 0.6) is 0 Å². The predicted octanol–water partition coefficient (Wildman–Crippen LogP) is 5.08. The number of hydrogen-bond donors (Lipinski definition) is 2. The van der Waals surface area contributed by atoms with Gasteiger partial charge in [0.05, 0.1) is 17.8 Å². The number of rotatable bonds is 8. The van der Waals surface area contributed by atoms with Gasteiger partial charge in [-0.1, -0.05) is 6.07 Å². The fourth-order valence-electron chi connectivity index (χ4n) is 5.00. The third kappa shape index (κ3) is 5.43. The molecule has 5 rings (SSSR count). The lowest BCUT2D eigenvalue weighted by Crippen LogP contribution is -2.33. The Kier molecular flexibility index (Phi) is 7.46. The Bertz CT molecular complexity index is 1420. The Morgan fingerprint density at radius 1 is 1.08 bits per heavy atom. The van der Waals surface area contributed by atoms with Gasteiger partial charge >= 0.3 is 0 Å². The van der Waals surface area contributed by atoms with Gasteiger partial charge in [0.25, 0.3) is 0 Å². The highest BCUT2D eigenvalue weighted by Gasteiger charge is 2.41. The molecule has 9 heteroatoms. The van der Waals surface area contributed by atoms with Gasteiger partial charge < -0.3 is 20.1 Å². The summed E-state index contributed by atoms with van der Waals surface area (Å²) in [5.41, 5.74) is 6.03. The summed E-state index contributed by atoms with van der Waals surface area (Å²) in [7, 11) is 0. The number of benzene rings is 1. The predicted molar refractivity (Wildman–Crippen MR) is 149 cm³/mol. The molecule has 194 valence electrons. The quantitative estimate of drug-likeness (QED) is 0.311. The van der Waals surface area contributed by atoms with E-state index in [-0.39, 0.29) is 30.2 Å². The lowest BCUT2D eigenvalue weighted by molar-refractivity contribution is -0.116. The van der Waals surface area contributed by atoms with Gasteiger partial charge in [-0.3, -0.25) is 14.8 Å². The number of carbonyl (C=O) groups is 1. The molecule has 1 aromatic carbocycles. The number of thiocarbonyl (C=S) groups is 1. The van der Waals surface area contributed by atoms with Crippen molar-refractivity contribution in [3.05, 3.63) is 113 Å². The number of aromatic nitrogens is 3. The monoisotopic (exact) mass is 528 g/mol. The fraction of sp³-hybridized carbons (Fsp3) is 0.241. The minimum atomic E-state index is -0.346. The van der Waals surface area contributed by atoms with Crippen molar-refractivity contribution >= 4 is 28.9 Å². The van der Waals surface area contributed by atoms with Crippen molar-refractivity contribution < 1.29 is 9.18 Å². The maximum atomic E-state index is 13.2. The van der Waals surface area contributed by atoms with Crippen molar-refractivity contribution in [2.45, 2.75) is 38.9 Å². The van der Waals surface area contributed by atoms with Crippen molar-refractivity contribution in [1.29, 1.82) is 0 Å². The van der Waals surface area contributed by atoms with Crippen LogP contribution >= 0.6 is 12.2 Å². The van der Waals surface area contributed by atoms with E-state index < -0.39 is 0 Å². The molecule has 2 atom stereocenters. The Morgan fingerprint density at radius 3 is 2.55 bits per heavy atom. The number of aryl methyl sites for hydroxylation is 1. The molecule has 3 aromatic heterocycles. The van der Waals surface area contributed by atoms with Crippen molar-refractivity contribution in [3.8, 4) is 0 Å². The molecule has 0 saturated carbocycles. The SMILES string of the molecule is Cc1cc([C@@H]2[C@H](c3ccccn3)NC(=S)N2CCC(=O)Nc2ccc(F)cc2)c(C)n1Cc1ccncc1. The fourth-order valence-corrected chi connectivity index (χ4v) is 5.34. The Hall–Kier alpha value is -4.11. The number of nitrogens with one attached hydrogen (secondary N) is 2. The van der Waals surface area contributed by atoms with Crippen LogP contribution in [0.1, 0.15) is 46.7 Å². The van der Waals surface area contributed by atoms with Crippen LogP contribution in [-0.4, -0.2) is 37.0 Å². The van der Waals surface area contributed by atoms with Crippen LogP contribution in [0.4, 0.5) is 10.1 Å². The number of hydrogen-bond acceptors (Lipinski definition) is 4. The molecule has 1 aliphatic heterocycles. The normalized spacial score (nSPS) is 16.9. The number of amides is 1. The molecule has 0 unspecified atom stereocenters. The van der Waals surface area contributed by atoms with Gasteiger partial charge in [0.1, 0.15) is 5.82 Å². The van der Waals surface area contributed by atoms with Gasteiger partial charge in [-0.15, -0.1) is 0 Å². The number of carbonyl (C=O) groups excluding carboxylic acids is 1.